The highest BCUT2D eigenvalue weighted by Crippen LogP contribution is 2.17. The highest BCUT2D eigenvalue weighted by Gasteiger charge is 2.11. The van der Waals surface area contributed by atoms with Crippen LogP contribution < -0.4 is 10.6 Å². The number of nitrogens with one attached hydrogen (secondary N) is 2. The van der Waals surface area contributed by atoms with E-state index in [2.05, 4.69) is 15.6 Å². The molecule has 1 rings (SSSR count). The molecule has 4 nitrogen and oxygen atoms in total. The van der Waals surface area contributed by atoms with Gasteiger partial charge in [0, 0.05) is 18.1 Å². The van der Waals surface area contributed by atoms with Gasteiger partial charge in [-0.25, -0.2) is 4.98 Å². The van der Waals surface area contributed by atoms with Crippen LogP contribution in [0.15, 0.2) is 6.20 Å². The first-order chi connectivity index (χ1) is 6.13. The molecule has 0 aliphatic carbocycles. The molecule has 0 fully saturated rings. The van der Waals surface area contributed by atoms with Crippen LogP contribution in [0.4, 0.5) is 5.13 Å². The van der Waals surface area contributed by atoms with Crippen LogP contribution in [0.3, 0.4) is 0 Å². The SMILES string of the molecule is CNC(=O)[C@H](C)Nc1ncc(C)s1. The monoisotopic (exact) mass is 199 g/mol. The summed E-state index contributed by atoms with van der Waals surface area (Å²) in [5.41, 5.74) is 0. The van der Waals surface area contributed by atoms with Crippen molar-refractivity contribution in [3.05, 3.63) is 11.1 Å². The number of carbonyl (C=O) groups excluding carboxylic acids is 1. The van der Waals surface area contributed by atoms with Gasteiger partial charge >= 0.3 is 0 Å². The van der Waals surface area contributed by atoms with Gasteiger partial charge in [0.15, 0.2) is 5.13 Å². The Labute approximate surface area is 81.4 Å². The fraction of sp³-hybridized carbons (Fsp3) is 0.500. The van der Waals surface area contributed by atoms with Crippen LogP contribution in [-0.2, 0) is 4.79 Å². The second-order valence-corrected chi connectivity index (χ2v) is 3.99. The number of likely N-dealkylation sites (N-methyl/N-ethyl adjacent to an activating group) is 1. The van der Waals surface area contributed by atoms with Crippen molar-refractivity contribution in [3.8, 4) is 0 Å². The van der Waals surface area contributed by atoms with Crippen LogP contribution in [0.2, 0.25) is 0 Å². The van der Waals surface area contributed by atoms with E-state index in [0.29, 0.717) is 0 Å². The topological polar surface area (TPSA) is 54.0 Å². The zero-order valence-corrected chi connectivity index (χ0v) is 8.73. The first-order valence-corrected chi connectivity index (χ1v) is 4.85. The summed E-state index contributed by atoms with van der Waals surface area (Å²) >= 11 is 1.54. The number of amides is 1. The van der Waals surface area contributed by atoms with Gasteiger partial charge in [0.2, 0.25) is 5.91 Å². The van der Waals surface area contributed by atoms with Gasteiger partial charge in [-0.05, 0) is 13.8 Å². The highest BCUT2D eigenvalue weighted by molar-refractivity contribution is 7.15. The molecule has 0 unspecified atom stereocenters. The van der Waals surface area contributed by atoms with E-state index >= 15 is 0 Å². The standard InChI is InChI=1S/C8H13N3OS/c1-5-4-10-8(13-5)11-6(2)7(12)9-3/h4,6H,1-3H3,(H,9,12)(H,10,11)/t6-/m0/s1. The molecule has 0 aliphatic heterocycles. The summed E-state index contributed by atoms with van der Waals surface area (Å²) in [6.07, 6.45) is 1.78. The number of anilines is 1. The Morgan fingerprint density at radius 2 is 2.38 bits per heavy atom. The average molecular weight is 199 g/mol. The van der Waals surface area contributed by atoms with E-state index < -0.39 is 0 Å². The number of thiazole rings is 1. The van der Waals surface area contributed by atoms with E-state index in [1.165, 1.54) is 0 Å². The van der Waals surface area contributed by atoms with Gasteiger partial charge in [-0.15, -0.1) is 11.3 Å². The molecule has 5 heteroatoms. The molecule has 0 saturated heterocycles. The van der Waals surface area contributed by atoms with E-state index in [4.69, 9.17) is 0 Å². The van der Waals surface area contributed by atoms with Gasteiger partial charge in [0.05, 0.1) is 0 Å². The lowest BCUT2D eigenvalue weighted by molar-refractivity contribution is -0.121. The van der Waals surface area contributed by atoms with Crippen LogP contribution >= 0.6 is 11.3 Å². The molecular formula is C8H13N3OS. The molecule has 0 aromatic carbocycles. The fourth-order valence-corrected chi connectivity index (χ4v) is 1.64. The van der Waals surface area contributed by atoms with E-state index in [1.54, 1.807) is 31.5 Å². The van der Waals surface area contributed by atoms with Gasteiger partial charge in [0.1, 0.15) is 6.04 Å². The molecule has 13 heavy (non-hydrogen) atoms. The second kappa shape index (κ2) is 4.23. The van der Waals surface area contributed by atoms with Gasteiger partial charge in [-0.1, -0.05) is 0 Å². The molecule has 0 spiro atoms. The van der Waals surface area contributed by atoms with E-state index in [9.17, 15) is 4.79 Å². The van der Waals surface area contributed by atoms with E-state index in [0.717, 1.165) is 10.0 Å². The maximum atomic E-state index is 11.1. The largest absolute Gasteiger partial charge is 0.357 e. The van der Waals surface area contributed by atoms with Crippen molar-refractivity contribution in [2.45, 2.75) is 19.9 Å². The first-order valence-electron chi connectivity index (χ1n) is 4.04. The third-order valence-corrected chi connectivity index (χ3v) is 2.44. The van der Waals surface area contributed by atoms with Crippen molar-refractivity contribution >= 4 is 22.4 Å². The number of aryl methyl sites for hydroxylation is 1. The maximum absolute atomic E-state index is 11.1. The molecule has 0 saturated carbocycles. The van der Waals surface area contributed by atoms with Crippen molar-refractivity contribution in [1.29, 1.82) is 0 Å². The molecular weight excluding hydrogens is 186 g/mol. The number of hydrogen-bond acceptors (Lipinski definition) is 4. The summed E-state index contributed by atoms with van der Waals surface area (Å²) in [5.74, 6) is -0.0344. The number of rotatable bonds is 3. The normalized spacial score (nSPS) is 12.2. The second-order valence-electron chi connectivity index (χ2n) is 2.76. The van der Waals surface area contributed by atoms with Crippen molar-refractivity contribution in [2.24, 2.45) is 0 Å². The quantitative estimate of drug-likeness (QED) is 0.763. The molecule has 72 valence electrons. The zero-order valence-electron chi connectivity index (χ0n) is 7.92. The Kier molecular flexibility index (Phi) is 3.25. The maximum Gasteiger partial charge on any atom is 0.242 e. The summed E-state index contributed by atoms with van der Waals surface area (Å²) in [6.45, 7) is 3.78. The Bertz CT molecular complexity index is 297. The summed E-state index contributed by atoms with van der Waals surface area (Å²) in [5, 5.41) is 6.36. The minimum absolute atomic E-state index is 0.0344. The Hall–Kier alpha value is -1.10. The summed E-state index contributed by atoms with van der Waals surface area (Å²) < 4.78 is 0. The van der Waals surface area contributed by atoms with Gasteiger partial charge in [-0.2, -0.15) is 0 Å². The minimum atomic E-state index is -0.240. The predicted molar refractivity (Wildman–Crippen MR) is 54.0 cm³/mol. The van der Waals surface area contributed by atoms with Crippen LogP contribution in [-0.4, -0.2) is 24.0 Å². The predicted octanol–water partition coefficient (Wildman–Crippen LogP) is 0.998. The molecule has 1 aromatic rings. The van der Waals surface area contributed by atoms with Crippen LogP contribution in [0.25, 0.3) is 0 Å². The molecule has 1 atom stereocenters. The third-order valence-electron chi connectivity index (χ3n) is 1.60. The van der Waals surface area contributed by atoms with Crippen molar-refractivity contribution < 1.29 is 4.79 Å². The lowest BCUT2D eigenvalue weighted by atomic mass is 10.3. The van der Waals surface area contributed by atoms with Gasteiger partial charge in [0.25, 0.3) is 0 Å². The Morgan fingerprint density at radius 3 is 2.85 bits per heavy atom. The Morgan fingerprint density at radius 1 is 1.69 bits per heavy atom. The Balaban J connectivity index is 2.54. The lowest BCUT2D eigenvalue weighted by Gasteiger charge is -2.10. The number of carbonyl (C=O) groups is 1. The van der Waals surface area contributed by atoms with Crippen molar-refractivity contribution in [3.63, 3.8) is 0 Å². The van der Waals surface area contributed by atoms with Crippen molar-refractivity contribution in [1.82, 2.24) is 10.3 Å². The molecule has 2 N–H and O–H groups in total. The lowest BCUT2D eigenvalue weighted by Crippen LogP contribution is -2.35. The van der Waals surface area contributed by atoms with Gasteiger partial charge in [-0.3, -0.25) is 4.79 Å². The van der Waals surface area contributed by atoms with E-state index in [1.807, 2.05) is 6.92 Å². The van der Waals surface area contributed by atoms with Crippen LogP contribution in [0, 0.1) is 6.92 Å². The van der Waals surface area contributed by atoms with E-state index in [-0.39, 0.29) is 11.9 Å². The highest BCUT2D eigenvalue weighted by atomic mass is 32.1. The fourth-order valence-electron chi connectivity index (χ4n) is 0.889. The van der Waals surface area contributed by atoms with Gasteiger partial charge < -0.3 is 10.6 Å². The molecule has 1 amide bonds. The number of nitrogens with zero attached hydrogens (tertiary/aromatic N) is 1. The molecule has 0 aliphatic rings. The number of aromatic nitrogens is 1. The summed E-state index contributed by atoms with van der Waals surface area (Å²) in [7, 11) is 1.62. The summed E-state index contributed by atoms with van der Waals surface area (Å²) in [4.78, 5) is 16.4. The zero-order chi connectivity index (χ0) is 9.84. The number of hydrogen-bond donors (Lipinski definition) is 2. The molecule has 0 radical (unpaired) electrons. The minimum Gasteiger partial charge on any atom is -0.357 e. The third kappa shape index (κ3) is 2.69. The summed E-state index contributed by atoms with van der Waals surface area (Å²) in [6, 6.07) is -0.240. The molecule has 1 aromatic heterocycles. The average Bonchev–Trinajstić information content (AvgIpc) is 2.49. The molecule has 0 bridgehead atoms. The smallest absolute Gasteiger partial charge is 0.242 e. The van der Waals surface area contributed by atoms with Crippen LogP contribution in [0.5, 0.6) is 0 Å². The van der Waals surface area contributed by atoms with Crippen LogP contribution in [0.1, 0.15) is 11.8 Å². The first kappa shape index (κ1) is 9.98. The van der Waals surface area contributed by atoms with Crippen molar-refractivity contribution in [2.75, 3.05) is 12.4 Å². The molecule has 1 heterocycles.